The molecule has 1 unspecified atom stereocenters. The van der Waals surface area contributed by atoms with Gasteiger partial charge in [0.2, 0.25) is 0 Å². The van der Waals surface area contributed by atoms with Gasteiger partial charge < -0.3 is 5.32 Å². The predicted octanol–water partition coefficient (Wildman–Crippen LogP) is 4.12. The van der Waals surface area contributed by atoms with Crippen molar-refractivity contribution < 1.29 is 4.79 Å². The van der Waals surface area contributed by atoms with E-state index in [0.717, 1.165) is 12.0 Å². The molecule has 1 amide bonds. The van der Waals surface area contributed by atoms with Gasteiger partial charge in [-0.2, -0.15) is 0 Å². The third-order valence-corrected chi connectivity index (χ3v) is 3.27. The van der Waals surface area contributed by atoms with E-state index in [0.29, 0.717) is 11.4 Å². The maximum atomic E-state index is 12.0. The molecule has 0 fully saturated rings. The maximum absolute atomic E-state index is 12.0. The van der Waals surface area contributed by atoms with Gasteiger partial charge in [0, 0.05) is 17.5 Å². The van der Waals surface area contributed by atoms with Gasteiger partial charge in [-0.25, -0.2) is 0 Å². The minimum absolute atomic E-state index is 0.00837. The second-order valence-corrected chi connectivity index (χ2v) is 4.97. The number of carbonyl (C=O) groups excluding carboxylic acids is 1. The standard InChI is InChI=1S/C15H22ClNO/c1-3-4-5-7-12(2)17-15(18)14-9-6-8-13(10-14)11-16/h6,8-10,12H,3-5,7,11H2,1-2H3,(H,17,18). The molecule has 0 aliphatic heterocycles. The highest BCUT2D eigenvalue weighted by atomic mass is 35.5. The summed E-state index contributed by atoms with van der Waals surface area (Å²) in [5.74, 6) is 0.429. The van der Waals surface area contributed by atoms with Gasteiger partial charge in [-0.3, -0.25) is 4.79 Å². The van der Waals surface area contributed by atoms with E-state index < -0.39 is 0 Å². The summed E-state index contributed by atoms with van der Waals surface area (Å²) in [6, 6.07) is 7.69. The van der Waals surface area contributed by atoms with Gasteiger partial charge >= 0.3 is 0 Å². The summed E-state index contributed by atoms with van der Waals surface area (Å²) in [4.78, 5) is 12.0. The van der Waals surface area contributed by atoms with Crippen molar-refractivity contribution in [1.29, 1.82) is 0 Å². The number of nitrogens with one attached hydrogen (secondary N) is 1. The molecule has 0 bridgehead atoms. The molecule has 0 radical (unpaired) electrons. The van der Waals surface area contributed by atoms with Crippen LogP contribution in [0.1, 0.15) is 55.5 Å². The molecule has 0 heterocycles. The van der Waals surface area contributed by atoms with Gasteiger partial charge in [-0.1, -0.05) is 38.3 Å². The van der Waals surface area contributed by atoms with Gasteiger partial charge in [0.25, 0.3) is 5.91 Å². The molecular weight excluding hydrogens is 246 g/mol. The maximum Gasteiger partial charge on any atom is 0.251 e. The van der Waals surface area contributed by atoms with Crippen molar-refractivity contribution in [1.82, 2.24) is 5.32 Å². The van der Waals surface area contributed by atoms with Crippen molar-refractivity contribution in [2.45, 2.75) is 51.5 Å². The molecule has 1 atom stereocenters. The smallest absolute Gasteiger partial charge is 0.251 e. The lowest BCUT2D eigenvalue weighted by atomic mass is 10.1. The van der Waals surface area contributed by atoms with Crippen LogP contribution >= 0.6 is 11.6 Å². The van der Waals surface area contributed by atoms with Crippen molar-refractivity contribution in [3.05, 3.63) is 35.4 Å². The van der Waals surface area contributed by atoms with E-state index in [1.807, 2.05) is 24.3 Å². The Morgan fingerprint density at radius 2 is 2.17 bits per heavy atom. The zero-order valence-corrected chi connectivity index (χ0v) is 12.0. The Labute approximate surface area is 115 Å². The topological polar surface area (TPSA) is 29.1 Å². The highest BCUT2D eigenvalue weighted by Gasteiger charge is 2.09. The average molecular weight is 268 g/mol. The van der Waals surface area contributed by atoms with E-state index >= 15 is 0 Å². The zero-order chi connectivity index (χ0) is 13.4. The molecule has 2 nitrogen and oxygen atoms in total. The van der Waals surface area contributed by atoms with Crippen LogP contribution in [-0.4, -0.2) is 11.9 Å². The molecule has 1 aromatic carbocycles. The van der Waals surface area contributed by atoms with E-state index in [9.17, 15) is 4.79 Å². The Morgan fingerprint density at radius 3 is 2.83 bits per heavy atom. The number of alkyl halides is 1. The second kappa shape index (κ2) is 8.15. The lowest BCUT2D eigenvalue weighted by molar-refractivity contribution is 0.0938. The fraction of sp³-hybridized carbons (Fsp3) is 0.533. The fourth-order valence-corrected chi connectivity index (χ4v) is 2.04. The number of hydrogen-bond acceptors (Lipinski definition) is 1. The first-order valence-corrected chi connectivity index (χ1v) is 7.16. The van der Waals surface area contributed by atoms with Crippen LogP contribution in [0.5, 0.6) is 0 Å². The van der Waals surface area contributed by atoms with Crippen LogP contribution in [0, 0.1) is 0 Å². The van der Waals surface area contributed by atoms with Crippen LogP contribution in [0.2, 0.25) is 0 Å². The summed E-state index contributed by atoms with van der Waals surface area (Å²) < 4.78 is 0. The first-order chi connectivity index (χ1) is 8.67. The lowest BCUT2D eigenvalue weighted by Crippen LogP contribution is -2.32. The molecule has 100 valence electrons. The zero-order valence-electron chi connectivity index (χ0n) is 11.2. The highest BCUT2D eigenvalue weighted by molar-refractivity contribution is 6.17. The largest absolute Gasteiger partial charge is 0.350 e. The van der Waals surface area contributed by atoms with Gasteiger partial charge in [-0.15, -0.1) is 11.6 Å². The molecule has 0 aliphatic carbocycles. The number of hydrogen-bond donors (Lipinski definition) is 1. The van der Waals surface area contributed by atoms with Crippen LogP contribution in [0.15, 0.2) is 24.3 Å². The minimum atomic E-state index is -0.00837. The Hall–Kier alpha value is -1.02. The predicted molar refractivity (Wildman–Crippen MR) is 77.1 cm³/mol. The summed E-state index contributed by atoms with van der Waals surface area (Å²) in [7, 11) is 0. The number of carbonyl (C=O) groups is 1. The van der Waals surface area contributed by atoms with Gasteiger partial charge in [-0.05, 0) is 31.0 Å². The van der Waals surface area contributed by atoms with Crippen LogP contribution in [-0.2, 0) is 5.88 Å². The van der Waals surface area contributed by atoms with E-state index in [2.05, 4.69) is 19.2 Å². The minimum Gasteiger partial charge on any atom is -0.350 e. The first-order valence-electron chi connectivity index (χ1n) is 6.63. The summed E-state index contributed by atoms with van der Waals surface area (Å²) in [5.41, 5.74) is 1.67. The Balaban J connectivity index is 2.48. The van der Waals surface area contributed by atoms with Crippen LogP contribution < -0.4 is 5.32 Å². The monoisotopic (exact) mass is 267 g/mol. The van der Waals surface area contributed by atoms with Crippen molar-refractivity contribution in [3.8, 4) is 0 Å². The number of benzene rings is 1. The SMILES string of the molecule is CCCCCC(C)NC(=O)c1cccc(CCl)c1. The molecule has 1 N–H and O–H groups in total. The average Bonchev–Trinajstić information content (AvgIpc) is 2.39. The van der Waals surface area contributed by atoms with Gasteiger partial charge in [0.1, 0.15) is 0 Å². The van der Waals surface area contributed by atoms with Crippen molar-refractivity contribution in [3.63, 3.8) is 0 Å². The summed E-state index contributed by atoms with van der Waals surface area (Å²) in [6.45, 7) is 4.24. The molecule has 1 aromatic rings. The molecule has 0 spiro atoms. The first kappa shape index (κ1) is 15.0. The third kappa shape index (κ3) is 5.09. The molecular formula is C15H22ClNO. The number of unbranched alkanes of at least 4 members (excludes halogenated alkanes) is 2. The molecule has 3 heteroatoms. The second-order valence-electron chi connectivity index (χ2n) is 4.70. The van der Waals surface area contributed by atoms with Crippen molar-refractivity contribution in [2.75, 3.05) is 0 Å². The van der Waals surface area contributed by atoms with Gasteiger partial charge in [0.05, 0.1) is 0 Å². The van der Waals surface area contributed by atoms with Crippen molar-refractivity contribution >= 4 is 17.5 Å². The van der Waals surface area contributed by atoms with E-state index in [1.165, 1.54) is 19.3 Å². The van der Waals surface area contributed by atoms with Crippen LogP contribution in [0.3, 0.4) is 0 Å². The fourth-order valence-electron chi connectivity index (χ4n) is 1.88. The van der Waals surface area contributed by atoms with Crippen LogP contribution in [0.4, 0.5) is 0 Å². The molecule has 0 saturated carbocycles. The Bertz CT molecular complexity index is 379. The molecule has 1 rings (SSSR count). The van der Waals surface area contributed by atoms with E-state index in [4.69, 9.17) is 11.6 Å². The van der Waals surface area contributed by atoms with Crippen molar-refractivity contribution in [2.24, 2.45) is 0 Å². The Kier molecular flexibility index (Phi) is 6.81. The lowest BCUT2D eigenvalue weighted by Gasteiger charge is -2.13. The Morgan fingerprint density at radius 1 is 1.39 bits per heavy atom. The number of rotatable bonds is 7. The quantitative estimate of drug-likeness (QED) is 0.584. The van der Waals surface area contributed by atoms with Gasteiger partial charge in [0.15, 0.2) is 0 Å². The molecule has 0 saturated heterocycles. The summed E-state index contributed by atoms with van der Waals surface area (Å²) in [6.07, 6.45) is 4.63. The van der Waals surface area contributed by atoms with E-state index in [-0.39, 0.29) is 11.9 Å². The summed E-state index contributed by atoms with van der Waals surface area (Å²) in [5, 5.41) is 3.02. The normalized spacial score (nSPS) is 12.2. The number of halogens is 1. The molecule has 0 aromatic heterocycles. The third-order valence-electron chi connectivity index (χ3n) is 2.96. The molecule has 18 heavy (non-hydrogen) atoms. The summed E-state index contributed by atoms with van der Waals surface area (Å²) >= 11 is 5.76. The number of amides is 1. The van der Waals surface area contributed by atoms with Crippen LogP contribution in [0.25, 0.3) is 0 Å². The van der Waals surface area contributed by atoms with E-state index in [1.54, 1.807) is 0 Å². The highest BCUT2D eigenvalue weighted by Crippen LogP contribution is 2.09. The molecule has 0 aliphatic rings.